The van der Waals surface area contributed by atoms with Gasteiger partial charge in [-0.1, -0.05) is 46.5 Å². The van der Waals surface area contributed by atoms with Crippen molar-refractivity contribution in [2.75, 3.05) is 0 Å². The Labute approximate surface area is 118 Å². The number of nitrogens with two attached hydrogens (primary N) is 1. The molecule has 0 fully saturated rings. The lowest BCUT2D eigenvalue weighted by Gasteiger charge is -2.29. The largest absolute Gasteiger partial charge is 0.481 e. The molecule has 0 saturated heterocycles. The maximum absolute atomic E-state index is 10.0. The van der Waals surface area contributed by atoms with Crippen molar-refractivity contribution in [2.24, 2.45) is 5.73 Å². The Morgan fingerprint density at radius 1 is 1.11 bits per heavy atom. The summed E-state index contributed by atoms with van der Waals surface area (Å²) in [5.41, 5.74) is 5.43. The van der Waals surface area contributed by atoms with E-state index in [0.717, 1.165) is 25.7 Å². The van der Waals surface area contributed by atoms with E-state index < -0.39 is 12.1 Å². The SMILES string of the molecule is CCC(N)(CC)C(C)O.CCCCCCCC(=O)O. The van der Waals surface area contributed by atoms with Crippen molar-refractivity contribution in [2.45, 2.75) is 90.7 Å². The van der Waals surface area contributed by atoms with Gasteiger partial charge in [0.15, 0.2) is 0 Å². The minimum Gasteiger partial charge on any atom is -0.481 e. The molecule has 0 aliphatic rings. The van der Waals surface area contributed by atoms with Crippen molar-refractivity contribution < 1.29 is 15.0 Å². The van der Waals surface area contributed by atoms with Crippen molar-refractivity contribution >= 4 is 5.97 Å². The van der Waals surface area contributed by atoms with Crippen LogP contribution in [-0.2, 0) is 4.79 Å². The molecular formula is C15H33NO3. The first-order chi connectivity index (χ1) is 8.83. The van der Waals surface area contributed by atoms with E-state index in [9.17, 15) is 4.79 Å². The van der Waals surface area contributed by atoms with E-state index in [1.54, 1.807) is 6.92 Å². The van der Waals surface area contributed by atoms with Crippen LogP contribution in [0.4, 0.5) is 0 Å². The lowest BCUT2D eigenvalue weighted by molar-refractivity contribution is -0.137. The predicted octanol–water partition coefficient (Wildman–Crippen LogP) is 3.32. The molecule has 19 heavy (non-hydrogen) atoms. The number of carboxylic acids is 1. The van der Waals surface area contributed by atoms with Crippen LogP contribution in [0.2, 0.25) is 0 Å². The van der Waals surface area contributed by atoms with Gasteiger partial charge in [-0.25, -0.2) is 0 Å². The second-order valence-electron chi connectivity index (χ2n) is 5.17. The molecule has 0 rings (SSSR count). The van der Waals surface area contributed by atoms with Gasteiger partial charge in [0.1, 0.15) is 0 Å². The van der Waals surface area contributed by atoms with Gasteiger partial charge in [0.2, 0.25) is 0 Å². The summed E-state index contributed by atoms with van der Waals surface area (Å²) in [6, 6.07) is 0. The monoisotopic (exact) mass is 275 g/mol. The highest BCUT2D eigenvalue weighted by atomic mass is 16.4. The van der Waals surface area contributed by atoms with Crippen LogP contribution in [0, 0.1) is 0 Å². The normalized spacial score (nSPS) is 12.5. The van der Waals surface area contributed by atoms with Crippen molar-refractivity contribution in [3.8, 4) is 0 Å². The molecule has 116 valence electrons. The van der Waals surface area contributed by atoms with E-state index in [1.807, 2.05) is 13.8 Å². The molecule has 0 spiro atoms. The highest BCUT2D eigenvalue weighted by molar-refractivity contribution is 5.66. The van der Waals surface area contributed by atoms with Crippen molar-refractivity contribution in [1.29, 1.82) is 0 Å². The molecular weight excluding hydrogens is 242 g/mol. The van der Waals surface area contributed by atoms with Gasteiger partial charge >= 0.3 is 5.97 Å². The summed E-state index contributed by atoms with van der Waals surface area (Å²) >= 11 is 0. The van der Waals surface area contributed by atoms with Crippen molar-refractivity contribution in [3.05, 3.63) is 0 Å². The van der Waals surface area contributed by atoms with Gasteiger partial charge in [-0.05, 0) is 26.2 Å². The summed E-state index contributed by atoms with van der Waals surface area (Å²) in [6.45, 7) is 7.89. The van der Waals surface area contributed by atoms with Crippen LogP contribution in [0.5, 0.6) is 0 Å². The lowest BCUT2D eigenvalue weighted by Crippen LogP contribution is -2.48. The van der Waals surface area contributed by atoms with Crippen molar-refractivity contribution in [3.63, 3.8) is 0 Å². The molecule has 0 amide bonds. The highest BCUT2D eigenvalue weighted by Gasteiger charge is 2.25. The van der Waals surface area contributed by atoms with Crippen LogP contribution in [0.1, 0.15) is 79.1 Å². The van der Waals surface area contributed by atoms with Gasteiger partial charge < -0.3 is 15.9 Å². The van der Waals surface area contributed by atoms with E-state index in [4.69, 9.17) is 15.9 Å². The molecule has 0 radical (unpaired) electrons. The first-order valence-corrected chi connectivity index (χ1v) is 7.52. The Morgan fingerprint density at radius 3 is 1.84 bits per heavy atom. The third kappa shape index (κ3) is 12.2. The van der Waals surface area contributed by atoms with Crippen LogP contribution in [0.25, 0.3) is 0 Å². The fourth-order valence-corrected chi connectivity index (χ4v) is 1.72. The molecule has 0 aliphatic heterocycles. The number of carboxylic acid groups (broad SMARTS) is 1. The second kappa shape index (κ2) is 12.4. The maximum atomic E-state index is 10.0. The Kier molecular flexibility index (Phi) is 13.5. The zero-order valence-corrected chi connectivity index (χ0v) is 13.1. The van der Waals surface area contributed by atoms with Gasteiger partial charge in [-0.3, -0.25) is 4.79 Å². The topological polar surface area (TPSA) is 83.5 Å². The smallest absolute Gasteiger partial charge is 0.303 e. The molecule has 0 aromatic rings. The molecule has 4 heteroatoms. The van der Waals surface area contributed by atoms with E-state index in [1.165, 1.54) is 19.3 Å². The first-order valence-electron chi connectivity index (χ1n) is 7.52. The summed E-state index contributed by atoms with van der Waals surface area (Å²) in [4.78, 5) is 10.0. The predicted molar refractivity (Wildman–Crippen MR) is 80.2 cm³/mol. The summed E-state index contributed by atoms with van der Waals surface area (Å²) in [5.74, 6) is -0.670. The number of hydrogen-bond donors (Lipinski definition) is 3. The molecule has 0 saturated carbocycles. The number of carbonyl (C=O) groups is 1. The Morgan fingerprint density at radius 2 is 1.58 bits per heavy atom. The summed E-state index contributed by atoms with van der Waals surface area (Å²) in [7, 11) is 0. The number of aliphatic hydroxyl groups excluding tert-OH is 1. The molecule has 0 aliphatic carbocycles. The van der Waals surface area contributed by atoms with Gasteiger partial charge in [-0.15, -0.1) is 0 Å². The molecule has 4 N–H and O–H groups in total. The molecule has 1 atom stereocenters. The minimum atomic E-state index is -0.670. The maximum Gasteiger partial charge on any atom is 0.303 e. The van der Waals surface area contributed by atoms with Gasteiger partial charge in [0, 0.05) is 12.0 Å². The molecule has 0 aromatic heterocycles. The number of unbranched alkanes of at least 4 members (excludes halogenated alkanes) is 4. The molecule has 1 unspecified atom stereocenters. The van der Waals surface area contributed by atoms with E-state index in [0.29, 0.717) is 6.42 Å². The quantitative estimate of drug-likeness (QED) is 0.564. The van der Waals surface area contributed by atoms with Crippen LogP contribution >= 0.6 is 0 Å². The van der Waals surface area contributed by atoms with E-state index >= 15 is 0 Å². The lowest BCUT2D eigenvalue weighted by atomic mass is 9.89. The summed E-state index contributed by atoms with van der Waals surface area (Å²) in [5, 5.41) is 17.4. The number of rotatable bonds is 9. The van der Waals surface area contributed by atoms with Crippen LogP contribution < -0.4 is 5.73 Å². The fourth-order valence-electron chi connectivity index (χ4n) is 1.72. The van der Waals surface area contributed by atoms with Crippen LogP contribution in [0.15, 0.2) is 0 Å². The zero-order valence-electron chi connectivity index (χ0n) is 13.1. The van der Waals surface area contributed by atoms with E-state index in [-0.39, 0.29) is 5.54 Å². The Balaban J connectivity index is 0. The van der Waals surface area contributed by atoms with Crippen LogP contribution in [0.3, 0.4) is 0 Å². The zero-order chi connectivity index (χ0) is 15.3. The standard InChI is InChI=1S/C8H16O2.C7H17NO/c1-2-3-4-5-6-7-8(9)10;1-4-7(8,5-2)6(3)9/h2-7H2,1H3,(H,9,10);6,9H,4-5,8H2,1-3H3. The Bertz CT molecular complexity index is 213. The highest BCUT2D eigenvalue weighted by Crippen LogP contribution is 2.15. The Hall–Kier alpha value is -0.610. The third-order valence-electron chi connectivity index (χ3n) is 3.64. The molecule has 0 aromatic carbocycles. The summed E-state index contributed by atoms with van der Waals surface area (Å²) < 4.78 is 0. The van der Waals surface area contributed by atoms with Gasteiger partial charge in [-0.2, -0.15) is 0 Å². The second-order valence-corrected chi connectivity index (χ2v) is 5.17. The fraction of sp³-hybridized carbons (Fsp3) is 0.933. The molecule has 0 heterocycles. The number of aliphatic hydroxyl groups is 1. The number of aliphatic carboxylic acids is 1. The molecule has 4 nitrogen and oxygen atoms in total. The van der Waals surface area contributed by atoms with Gasteiger partial charge in [0.05, 0.1) is 6.10 Å². The average molecular weight is 275 g/mol. The molecule has 0 bridgehead atoms. The van der Waals surface area contributed by atoms with Crippen molar-refractivity contribution in [1.82, 2.24) is 0 Å². The van der Waals surface area contributed by atoms with Crippen LogP contribution in [-0.4, -0.2) is 27.8 Å². The van der Waals surface area contributed by atoms with Gasteiger partial charge in [0.25, 0.3) is 0 Å². The van der Waals surface area contributed by atoms with E-state index in [2.05, 4.69) is 6.92 Å². The number of hydrogen-bond acceptors (Lipinski definition) is 3. The summed E-state index contributed by atoms with van der Waals surface area (Å²) in [6.07, 6.45) is 7.16. The minimum absolute atomic E-state index is 0.337. The third-order valence-corrected chi connectivity index (χ3v) is 3.64. The average Bonchev–Trinajstić information content (AvgIpc) is 2.37. The first kappa shape index (κ1) is 20.7.